The molecule has 2 atom stereocenters. The molecule has 150 valence electrons. The van der Waals surface area contributed by atoms with E-state index in [1.165, 1.54) is 0 Å². The zero-order valence-corrected chi connectivity index (χ0v) is 16.9. The van der Waals surface area contributed by atoms with Crippen molar-refractivity contribution in [1.29, 1.82) is 0 Å². The van der Waals surface area contributed by atoms with Crippen molar-refractivity contribution < 1.29 is 9.90 Å². The van der Waals surface area contributed by atoms with E-state index in [1.807, 2.05) is 38.1 Å². The minimum absolute atomic E-state index is 0.000480. The maximum absolute atomic E-state index is 12.7. The van der Waals surface area contributed by atoms with E-state index >= 15 is 0 Å². The number of carbonyl (C=O) groups excluding carboxylic acids is 1. The molecule has 0 unspecified atom stereocenters. The lowest BCUT2D eigenvalue weighted by atomic mass is 10.1. The topological polar surface area (TPSA) is 90.4 Å². The van der Waals surface area contributed by atoms with Crippen LogP contribution in [0, 0.1) is 0 Å². The van der Waals surface area contributed by atoms with Crippen molar-refractivity contribution in [3.8, 4) is 0 Å². The van der Waals surface area contributed by atoms with Crippen LogP contribution in [-0.2, 0) is 19.4 Å². The Hall–Kier alpha value is -2.38. The third-order valence-electron chi connectivity index (χ3n) is 4.71. The first kappa shape index (κ1) is 20.4. The summed E-state index contributed by atoms with van der Waals surface area (Å²) in [4.78, 5) is 23.3. The zero-order chi connectivity index (χ0) is 20.1. The summed E-state index contributed by atoms with van der Waals surface area (Å²) < 4.78 is 0. The summed E-state index contributed by atoms with van der Waals surface area (Å²) in [5.74, 6) is 0.471. The molecule has 1 aromatic heterocycles. The summed E-state index contributed by atoms with van der Waals surface area (Å²) in [7, 11) is 0. The summed E-state index contributed by atoms with van der Waals surface area (Å²) in [6.45, 7) is 4.92. The highest BCUT2D eigenvalue weighted by atomic mass is 35.5. The van der Waals surface area contributed by atoms with Crippen molar-refractivity contribution in [1.82, 2.24) is 20.2 Å². The molecule has 1 aromatic carbocycles. The first-order chi connectivity index (χ1) is 13.4. The average molecular weight is 404 g/mol. The fourth-order valence-corrected chi connectivity index (χ4v) is 3.27. The van der Waals surface area contributed by atoms with E-state index in [0.717, 1.165) is 29.7 Å². The Kier molecular flexibility index (Phi) is 6.70. The lowest BCUT2D eigenvalue weighted by Gasteiger charge is -2.29. The molecule has 8 heteroatoms. The molecular weight excluding hydrogens is 378 g/mol. The molecule has 2 heterocycles. The largest absolute Gasteiger partial charge is 0.394 e. The van der Waals surface area contributed by atoms with Crippen LogP contribution in [0.25, 0.3) is 0 Å². The number of amides is 2. The fourth-order valence-electron chi connectivity index (χ4n) is 3.14. The first-order valence-corrected chi connectivity index (χ1v) is 9.84. The van der Waals surface area contributed by atoms with Crippen LogP contribution in [0.3, 0.4) is 0 Å². The Morgan fingerprint density at radius 1 is 1.29 bits per heavy atom. The normalized spacial score (nSPS) is 15.5. The molecule has 7 nitrogen and oxygen atoms in total. The predicted molar refractivity (Wildman–Crippen MR) is 109 cm³/mol. The molecule has 0 fully saturated rings. The molecule has 1 aliphatic heterocycles. The number of rotatable bonds is 6. The highest BCUT2D eigenvalue weighted by Gasteiger charge is 2.23. The second-order valence-electron chi connectivity index (χ2n) is 7.25. The van der Waals surface area contributed by atoms with Gasteiger partial charge in [0.25, 0.3) is 0 Å². The van der Waals surface area contributed by atoms with Crippen LogP contribution in [-0.4, -0.2) is 51.2 Å². The van der Waals surface area contributed by atoms with Crippen LogP contribution < -0.4 is 10.6 Å². The summed E-state index contributed by atoms with van der Waals surface area (Å²) in [6.07, 6.45) is 3.26. The van der Waals surface area contributed by atoms with Crippen LogP contribution in [0.15, 0.2) is 30.5 Å². The summed E-state index contributed by atoms with van der Waals surface area (Å²) in [6, 6.07) is 7.44. The molecule has 2 aromatic rings. The number of anilines is 1. The van der Waals surface area contributed by atoms with Crippen molar-refractivity contribution in [2.24, 2.45) is 0 Å². The van der Waals surface area contributed by atoms with Gasteiger partial charge in [-0.2, -0.15) is 0 Å². The van der Waals surface area contributed by atoms with Crippen molar-refractivity contribution >= 4 is 23.6 Å². The number of carbonyl (C=O) groups is 1. The SMILES string of the molecule is C[C@H](Cc1ccc(Cl)cc1)NC(=O)N1CCc2cnc(N[C@@H](C)CO)nc2C1. The quantitative estimate of drug-likeness (QED) is 0.689. The van der Waals surface area contributed by atoms with Gasteiger partial charge in [0.15, 0.2) is 0 Å². The van der Waals surface area contributed by atoms with E-state index in [4.69, 9.17) is 16.7 Å². The Bertz CT molecular complexity index is 815. The number of urea groups is 1. The van der Waals surface area contributed by atoms with E-state index in [2.05, 4.69) is 20.6 Å². The molecule has 1 aliphatic rings. The Morgan fingerprint density at radius 2 is 2.04 bits per heavy atom. The van der Waals surface area contributed by atoms with Crippen molar-refractivity contribution in [2.75, 3.05) is 18.5 Å². The highest BCUT2D eigenvalue weighted by molar-refractivity contribution is 6.30. The number of benzene rings is 1. The van der Waals surface area contributed by atoms with Gasteiger partial charge in [0, 0.05) is 29.8 Å². The average Bonchev–Trinajstić information content (AvgIpc) is 2.69. The maximum atomic E-state index is 12.7. The van der Waals surface area contributed by atoms with Gasteiger partial charge in [-0.25, -0.2) is 14.8 Å². The third-order valence-corrected chi connectivity index (χ3v) is 4.96. The molecule has 0 bridgehead atoms. The van der Waals surface area contributed by atoms with Gasteiger partial charge in [0.1, 0.15) is 0 Å². The molecule has 28 heavy (non-hydrogen) atoms. The molecule has 3 N–H and O–H groups in total. The van der Waals surface area contributed by atoms with Gasteiger partial charge in [-0.05, 0) is 49.9 Å². The Labute approximate surface area is 170 Å². The van der Waals surface area contributed by atoms with Gasteiger partial charge in [-0.1, -0.05) is 23.7 Å². The molecule has 2 amide bonds. The van der Waals surface area contributed by atoms with Crippen molar-refractivity contribution in [3.05, 3.63) is 52.3 Å². The minimum atomic E-state index is -0.130. The van der Waals surface area contributed by atoms with Crippen LogP contribution in [0.1, 0.15) is 30.7 Å². The smallest absolute Gasteiger partial charge is 0.317 e. The monoisotopic (exact) mass is 403 g/mol. The van der Waals surface area contributed by atoms with E-state index in [1.54, 1.807) is 11.1 Å². The van der Waals surface area contributed by atoms with Gasteiger partial charge < -0.3 is 20.6 Å². The number of fused-ring (bicyclic) bond motifs is 1. The molecule has 3 rings (SSSR count). The summed E-state index contributed by atoms with van der Waals surface area (Å²) in [5, 5.41) is 16.0. The number of hydrogen-bond donors (Lipinski definition) is 3. The number of aliphatic hydroxyl groups is 1. The zero-order valence-electron chi connectivity index (χ0n) is 16.2. The van der Waals surface area contributed by atoms with Crippen LogP contribution in [0.2, 0.25) is 5.02 Å². The predicted octanol–water partition coefficient (Wildman–Crippen LogP) is 2.62. The van der Waals surface area contributed by atoms with Crippen molar-refractivity contribution in [3.63, 3.8) is 0 Å². The van der Waals surface area contributed by atoms with Crippen molar-refractivity contribution in [2.45, 2.75) is 45.3 Å². The van der Waals surface area contributed by atoms with Gasteiger partial charge in [-0.15, -0.1) is 0 Å². The molecule has 0 spiro atoms. The standard InChI is InChI=1S/C20H26ClN5O2/c1-13(9-15-3-5-17(21)6-4-15)24-20(28)26-8-7-16-10-22-19(23-14(2)12-27)25-18(16)11-26/h3-6,10,13-14,27H,7-9,11-12H2,1-2H3,(H,24,28)(H,22,23,25)/t13-,14+/m1/s1. The lowest BCUT2D eigenvalue weighted by Crippen LogP contribution is -2.46. The number of nitrogens with one attached hydrogen (secondary N) is 2. The van der Waals surface area contributed by atoms with Crippen LogP contribution in [0.5, 0.6) is 0 Å². The van der Waals surface area contributed by atoms with Crippen LogP contribution in [0.4, 0.5) is 10.7 Å². The van der Waals surface area contributed by atoms with Crippen LogP contribution >= 0.6 is 11.6 Å². The fraction of sp³-hybridized carbons (Fsp3) is 0.450. The minimum Gasteiger partial charge on any atom is -0.394 e. The number of nitrogens with zero attached hydrogens (tertiary/aromatic N) is 3. The van der Waals surface area contributed by atoms with E-state index in [-0.39, 0.29) is 24.7 Å². The van der Waals surface area contributed by atoms with Gasteiger partial charge in [0.05, 0.1) is 18.8 Å². The maximum Gasteiger partial charge on any atom is 0.317 e. The number of aromatic nitrogens is 2. The molecule has 0 radical (unpaired) electrons. The summed E-state index contributed by atoms with van der Waals surface area (Å²) in [5.41, 5.74) is 3.03. The molecular formula is C20H26ClN5O2. The molecule has 0 saturated carbocycles. The number of halogens is 1. The number of aliphatic hydroxyl groups excluding tert-OH is 1. The highest BCUT2D eigenvalue weighted by Crippen LogP contribution is 2.18. The van der Waals surface area contributed by atoms with E-state index in [9.17, 15) is 4.79 Å². The Balaban J connectivity index is 1.58. The van der Waals surface area contributed by atoms with Gasteiger partial charge in [-0.3, -0.25) is 0 Å². The molecule has 0 saturated heterocycles. The van der Waals surface area contributed by atoms with E-state index < -0.39 is 0 Å². The number of hydrogen-bond acceptors (Lipinski definition) is 5. The Morgan fingerprint density at radius 3 is 2.75 bits per heavy atom. The lowest BCUT2D eigenvalue weighted by molar-refractivity contribution is 0.188. The van der Waals surface area contributed by atoms with Gasteiger partial charge >= 0.3 is 6.03 Å². The van der Waals surface area contributed by atoms with Gasteiger partial charge in [0.2, 0.25) is 5.95 Å². The first-order valence-electron chi connectivity index (χ1n) is 9.46. The second kappa shape index (κ2) is 9.21. The van der Waals surface area contributed by atoms with E-state index in [0.29, 0.717) is 24.1 Å². The molecule has 0 aliphatic carbocycles. The summed E-state index contributed by atoms with van der Waals surface area (Å²) >= 11 is 5.92. The third kappa shape index (κ3) is 5.33. The second-order valence-corrected chi connectivity index (χ2v) is 7.68.